The van der Waals surface area contributed by atoms with Gasteiger partial charge in [0.05, 0.1) is 11.5 Å². The second-order valence-corrected chi connectivity index (χ2v) is 5.95. The summed E-state index contributed by atoms with van der Waals surface area (Å²) >= 11 is 0. The Bertz CT molecular complexity index is 518. The van der Waals surface area contributed by atoms with Crippen LogP contribution in [-0.2, 0) is 16.0 Å². The molecule has 114 valence electrons. The number of benzene rings is 1. The van der Waals surface area contributed by atoms with E-state index in [-0.39, 0.29) is 11.8 Å². The van der Waals surface area contributed by atoms with E-state index in [2.05, 4.69) is 5.32 Å². The molecular weight excluding hydrogens is 266 g/mol. The highest BCUT2D eigenvalue weighted by Crippen LogP contribution is 2.30. The van der Waals surface area contributed by atoms with Crippen molar-refractivity contribution in [2.45, 2.75) is 25.8 Å². The van der Waals surface area contributed by atoms with Crippen LogP contribution in [0, 0.1) is 5.41 Å². The van der Waals surface area contributed by atoms with Crippen LogP contribution < -0.4 is 11.1 Å². The SMILES string of the molecule is CNC(=O)C1(C)CCN(C(=O)[C@@H](N)Cc2ccccc2)C1. The molecule has 1 aromatic carbocycles. The van der Waals surface area contributed by atoms with Crippen LogP contribution in [0.4, 0.5) is 0 Å². The molecule has 0 aromatic heterocycles. The van der Waals surface area contributed by atoms with Gasteiger partial charge in [-0.1, -0.05) is 30.3 Å². The topological polar surface area (TPSA) is 75.4 Å². The van der Waals surface area contributed by atoms with Gasteiger partial charge in [0, 0.05) is 20.1 Å². The van der Waals surface area contributed by atoms with Crippen molar-refractivity contribution in [1.82, 2.24) is 10.2 Å². The van der Waals surface area contributed by atoms with Gasteiger partial charge < -0.3 is 16.0 Å². The minimum Gasteiger partial charge on any atom is -0.359 e. The van der Waals surface area contributed by atoms with E-state index in [0.717, 1.165) is 5.56 Å². The van der Waals surface area contributed by atoms with E-state index in [0.29, 0.717) is 25.9 Å². The zero-order valence-corrected chi connectivity index (χ0v) is 12.6. The Balaban J connectivity index is 1.97. The van der Waals surface area contributed by atoms with Gasteiger partial charge in [-0.05, 0) is 25.3 Å². The molecular formula is C16H23N3O2. The van der Waals surface area contributed by atoms with E-state index in [9.17, 15) is 9.59 Å². The monoisotopic (exact) mass is 289 g/mol. The lowest BCUT2D eigenvalue weighted by atomic mass is 9.89. The van der Waals surface area contributed by atoms with E-state index >= 15 is 0 Å². The summed E-state index contributed by atoms with van der Waals surface area (Å²) < 4.78 is 0. The first-order valence-electron chi connectivity index (χ1n) is 7.27. The Morgan fingerprint density at radius 2 is 2.05 bits per heavy atom. The molecule has 3 N–H and O–H groups in total. The predicted molar refractivity (Wildman–Crippen MR) is 81.5 cm³/mol. The lowest BCUT2D eigenvalue weighted by molar-refractivity contribution is -0.133. The smallest absolute Gasteiger partial charge is 0.239 e. The van der Waals surface area contributed by atoms with E-state index in [1.165, 1.54) is 0 Å². The lowest BCUT2D eigenvalue weighted by Crippen LogP contribution is -2.46. The fourth-order valence-corrected chi connectivity index (χ4v) is 2.83. The van der Waals surface area contributed by atoms with Crippen LogP contribution in [0.2, 0.25) is 0 Å². The average molecular weight is 289 g/mol. The number of carbonyl (C=O) groups is 2. The first-order chi connectivity index (χ1) is 9.96. The van der Waals surface area contributed by atoms with Crippen molar-refractivity contribution in [3.63, 3.8) is 0 Å². The van der Waals surface area contributed by atoms with Crippen molar-refractivity contribution in [2.75, 3.05) is 20.1 Å². The number of nitrogens with two attached hydrogens (primary N) is 1. The molecule has 0 radical (unpaired) electrons. The third-order valence-corrected chi connectivity index (χ3v) is 4.18. The molecule has 0 bridgehead atoms. The molecule has 1 aliphatic rings. The molecule has 0 spiro atoms. The number of hydrogen-bond donors (Lipinski definition) is 2. The second kappa shape index (κ2) is 6.26. The van der Waals surface area contributed by atoms with Crippen molar-refractivity contribution in [2.24, 2.45) is 11.1 Å². The summed E-state index contributed by atoms with van der Waals surface area (Å²) in [5.41, 5.74) is 6.58. The number of hydrogen-bond acceptors (Lipinski definition) is 3. The maximum atomic E-state index is 12.4. The van der Waals surface area contributed by atoms with Crippen LogP contribution in [0.5, 0.6) is 0 Å². The molecule has 5 nitrogen and oxygen atoms in total. The molecule has 1 saturated heterocycles. The Kier molecular flexibility index (Phi) is 4.63. The number of carbonyl (C=O) groups excluding carboxylic acids is 2. The highest BCUT2D eigenvalue weighted by Gasteiger charge is 2.42. The van der Waals surface area contributed by atoms with E-state index in [1.54, 1.807) is 11.9 Å². The first-order valence-corrected chi connectivity index (χ1v) is 7.27. The molecule has 1 fully saturated rings. The summed E-state index contributed by atoms with van der Waals surface area (Å²) in [5, 5.41) is 2.67. The molecule has 5 heteroatoms. The molecule has 2 rings (SSSR count). The lowest BCUT2D eigenvalue weighted by Gasteiger charge is -2.24. The third kappa shape index (κ3) is 3.42. The van der Waals surface area contributed by atoms with Crippen molar-refractivity contribution in [3.8, 4) is 0 Å². The van der Waals surface area contributed by atoms with Gasteiger partial charge >= 0.3 is 0 Å². The maximum Gasteiger partial charge on any atom is 0.239 e. The molecule has 2 amide bonds. The normalized spacial score (nSPS) is 22.9. The highest BCUT2D eigenvalue weighted by atomic mass is 16.2. The number of nitrogens with zero attached hydrogens (tertiary/aromatic N) is 1. The van der Waals surface area contributed by atoms with Crippen LogP contribution in [0.3, 0.4) is 0 Å². The molecule has 1 aromatic rings. The van der Waals surface area contributed by atoms with E-state index in [1.807, 2.05) is 37.3 Å². The summed E-state index contributed by atoms with van der Waals surface area (Å²) in [6.45, 7) is 2.92. The molecule has 0 saturated carbocycles. The largest absolute Gasteiger partial charge is 0.359 e. The Hall–Kier alpha value is -1.88. The number of rotatable bonds is 4. The number of amides is 2. The van der Waals surface area contributed by atoms with Crippen molar-refractivity contribution >= 4 is 11.8 Å². The molecule has 1 unspecified atom stereocenters. The summed E-state index contributed by atoms with van der Waals surface area (Å²) in [6.07, 6.45) is 1.20. The fourth-order valence-electron chi connectivity index (χ4n) is 2.83. The summed E-state index contributed by atoms with van der Waals surface area (Å²) in [6, 6.07) is 9.18. The van der Waals surface area contributed by atoms with Crippen LogP contribution in [0.15, 0.2) is 30.3 Å². The zero-order chi connectivity index (χ0) is 15.5. The second-order valence-electron chi connectivity index (χ2n) is 5.95. The van der Waals surface area contributed by atoms with Gasteiger partial charge in [-0.15, -0.1) is 0 Å². The van der Waals surface area contributed by atoms with Crippen LogP contribution in [0.1, 0.15) is 18.9 Å². The molecule has 21 heavy (non-hydrogen) atoms. The van der Waals surface area contributed by atoms with Gasteiger partial charge in [-0.3, -0.25) is 9.59 Å². The van der Waals surface area contributed by atoms with E-state index in [4.69, 9.17) is 5.73 Å². The van der Waals surface area contributed by atoms with E-state index < -0.39 is 11.5 Å². The van der Waals surface area contributed by atoms with Gasteiger partial charge in [-0.2, -0.15) is 0 Å². The number of likely N-dealkylation sites (tertiary alicyclic amines) is 1. The van der Waals surface area contributed by atoms with Gasteiger partial charge in [-0.25, -0.2) is 0 Å². The summed E-state index contributed by atoms with van der Waals surface area (Å²) in [7, 11) is 1.62. The van der Waals surface area contributed by atoms with Crippen LogP contribution in [0.25, 0.3) is 0 Å². The minimum absolute atomic E-state index is 0.0190. The van der Waals surface area contributed by atoms with Gasteiger partial charge in [0.2, 0.25) is 11.8 Å². The third-order valence-electron chi connectivity index (χ3n) is 4.18. The summed E-state index contributed by atoms with van der Waals surface area (Å²) in [4.78, 5) is 26.0. The molecule has 2 atom stereocenters. The molecule has 0 aliphatic carbocycles. The quantitative estimate of drug-likeness (QED) is 0.849. The van der Waals surface area contributed by atoms with Gasteiger partial charge in [0.15, 0.2) is 0 Å². The van der Waals surface area contributed by atoms with Crippen molar-refractivity contribution < 1.29 is 9.59 Å². The maximum absolute atomic E-state index is 12.4. The Morgan fingerprint density at radius 3 is 2.67 bits per heavy atom. The Morgan fingerprint density at radius 1 is 1.38 bits per heavy atom. The van der Waals surface area contributed by atoms with Crippen LogP contribution in [-0.4, -0.2) is 42.9 Å². The molecule has 1 aliphatic heterocycles. The Labute approximate surface area is 125 Å². The van der Waals surface area contributed by atoms with Gasteiger partial charge in [0.25, 0.3) is 0 Å². The summed E-state index contributed by atoms with van der Waals surface area (Å²) in [5.74, 6) is -0.0964. The van der Waals surface area contributed by atoms with Crippen molar-refractivity contribution in [3.05, 3.63) is 35.9 Å². The van der Waals surface area contributed by atoms with Crippen molar-refractivity contribution in [1.29, 1.82) is 0 Å². The highest BCUT2D eigenvalue weighted by molar-refractivity contribution is 5.86. The number of nitrogens with one attached hydrogen (secondary N) is 1. The standard InChI is InChI=1S/C16H23N3O2/c1-16(15(21)18-2)8-9-19(11-16)14(20)13(17)10-12-6-4-3-5-7-12/h3-7,13H,8-11,17H2,1-2H3,(H,18,21)/t13-,16?/m0/s1. The molecule has 1 heterocycles. The van der Waals surface area contributed by atoms with Gasteiger partial charge in [0.1, 0.15) is 0 Å². The predicted octanol–water partition coefficient (Wildman–Crippen LogP) is 0.541. The zero-order valence-electron chi connectivity index (χ0n) is 12.6. The average Bonchev–Trinajstić information content (AvgIpc) is 2.90. The van der Waals surface area contributed by atoms with Crippen LogP contribution >= 0.6 is 0 Å². The fraction of sp³-hybridized carbons (Fsp3) is 0.500. The first kappa shape index (κ1) is 15.5. The minimum atomic E-state index is -0.556.